The molecule has 2 unspecified atom stereocenters. The standard InChI is InChI=1S/C12H25N3O2S/c1-14(12-8-4-3-7-11(12)13)18(16,17)15-9-5-2-6-10-15/h11-12H,2-10,13H2,1H3. The average Bonchev–Trinajstić information content (AvgIpc) is 2.39. The zero-order valence-electron chi connectivity index (χ0n) is 11.2. The topological polar surface area (TPSA) is 66.6 Å². The van der Waals surface area contributed by atoms with E-state index in [0.717, 1.165) is 44.9 Å². The molecule has 0 aromatic heterocycles. The van der Waals surface area contributed by atoms with Gasteiger partial charge in [-0.3, -0.25) is 0 Å². The van der Waals surface area contributed by atoms with Gasteiger partial charge in [-0.05, 0) is 25.7 Å². The Kier molecular flexibility index (Phi) is 4.64. The van der Waals surface area contributed by atoms with Gasteiger partial charge in [0.1, 0.15) is 0 Å². The minimum absolute atomic E-state index is 0.0108. The predicted octanol–water partition coefficient (Wildman–Crippen LogP) is 0.919. The van der Waals surface area contributed by atoms with Crippen LogP contribution in [-0.2, 0) is 10.2 Å². The molecule has 1 aliphatic carbocycles. The van der Waals surface area contributed by atoms with Crippen LogP contribution in [-0.4, -0.2) is 49.2 Å². The smallest absolute Gasteiger partial charge is 0.282 e. The fourth-order valence-electron chi connectivity index (χ4n) is 3.04. The van der Waals surface area contributed by atoms with Gasteiger partial charge >= 0.3 is 0 Å². The zero-order chi connectivity index (χ0) is 13.2. The van der Waals surface area contributed by atoms with Crippen LogP contribution in [0.5, 0.6) is 0 Å². The first kappa shape index (κ1) is 14.2. The van der Waals surface area contributed by atoms with Crippen LogP contribution in [0.15, 0.2) is 0 Å². The Morgan fingerprint density at radius 3 is 2.28 bits per heavy atom. The molecule has 2 N–H and O–H groups in total. The molecular weight excluding hydrogens is 250 g/mol. The summed E-state index contributed by atoms with van der Waals surface area (Å²) < 4.78 is 28.2. The maximum Gasteiger partial charge on any atom is 0.282 e. The molecule has 2 atom stereocenters. The Bertz CT molecular complexity index is 366. The van der Waals surface area contributed by atoms with Crippen molar-refractivity contribution in [3.63, 3.8) is 0 Å². The van der Waals surface area contributed by atoms with E-state index in [2.05, 4.69) is 0 Å². The van der Waals surface area contributed by atoms with E-state index in [9.17, 15) is 8.42 Å². The number of nitrogens with zero attached hydrogens (tertiary/aromatic N) is 2. The number of piperidine rings is 1. The van der Waals surface area contributed by atoms with Gasteiger partial charge in [-0.15, -0.1) is 0 Å². The minimum atomic E-state index is -3.31. The zero-order valence-corrected chi connectivity index (χ0v) is 12.0. The normalized spacial score (nSPS) is 31.7. The molecule has 0 amide bonds. The number of nitrogens with two attached hydrogens (primary N) is 1. The third kappa shape index (κ3) is 2.87. The maximum absolute atomic E-state index is 12.5. The highest BCUT2D eigenvalue weighted by Crippen LogP contribution is 2.25. The van der Waals surface area contributed by atoms with Crippen molar-refractivity contribution in [2.24, 2.45) is 5.73 Å². The van der Waals surface area contributed by atoms with Crippen LogP contribution < -0.4 is 5.73 Å². The monoisotopic (exact) mass is 275 g/mol. The van der Waals surface area contributed by atoms with Crippen LogP contribution in [0, 0.1) is 0 Å². The van der Waals surface area contributed by atoms with Gasteiger partial charge in [-0.2, -0.15) is 17.0 Å². The largest absolute Gasteiger partial charge is 0.326 e. The van der Waals surface area contributed by atoms with Crippen molar-refractivity contribution in [1.82, 2.24) is 8.61 Å². The molecule has 2 rings (SSSR count). The van der Waals surface area contributed by atoms with Gasteiger partial charge < -0.3 is 5.73 Å². The average molecular weight is 275 g/mol. The van der Waals surface area contributed by atoms with E-state index in [-0.39, 0.29) is 12.1 Å². The first-order valence-electron chi connectivity index (χ1n) is 7.02. The molecule has 1 aliphatic heterocycles. The van der Waals surface area contributed by atoms with E-state index < -0.39 is 10.2 Å². The minimum Gasteiger partial charge on any atom is -0.326 e. The van der Waals surface area contributed by atoms with Crippen molar-refractivity contribution < 1.29 is 8.42 Å². The van der Waals surface area contributed by atoms with Gasteiger partial charge in [-0.1, -0.05) is 19.3 Å². The fourth-order valence-corrected chi connectivity index (χ4v) is 4.73. The van der Waals surface area contributed by atoms with E-state index in [1.807, 2.05) is 0 Å². The van der Waals surface area contributed by atoms with Crippen LogP contribution in [0.1, 0.15) is 44.9 Å². The summed E-state index contributed by atoms with van der Waals surface area (Å²) in [4.78, 5) is 0. The van der Waals surface area contributed by atoms with Crippen LogP contribution in [0.2, 0.25) is 0 Å². The molecule has 0 bridgehead atoms. The van der Waals surface area contributed by atoms with Crippen LogP contribution >= 0.6 is 0 Å². The summed E-state index contributed by atoms with van der Waals surface area (Å²) in [7, 11) is -1.61. The molecule has 0 radical (unpaired) electrons. The predicted molar refractivity (Wildman–Crippen MR) is 72.3 cm³/mol. The molecule has 1 saturated heterocycles. The molecule has 18 heavy (non-hydrogen) atoms. The van der Waals surface area contributed by atoms with E-state index in [0.29, 0.717) is 13.1 Å². The summed E-state index contributed by atoms with van der Waals surface area (Å²) in [6.07, 6.45) is 7.12. The molecule has 0 aromatic carbocycles. The van der Waals surface area contributed by atoms with Gasteiger partial charge in [0.25, 0.3) is 10.2 Å². The van der Waals surface area contributed by atoms with Crippen LogP contribution in [0.4, 0.5) is 0 Å². The first-order chi connectivity index (χ1) is 8.53. The third-order valence-corrected chi connectivity index (χ3v) is 6.27. The van der Waals surface area contributed by atoms with Crippen LogP contribution in [0.25, 0.3) is 0 Å². The van der Waals surface area contributed by atoms with E-state index >= 15 is 0 Å². The number of likely N-dealkylation sites (N-methyl/N-ethyl adjacent to an activating group) is 1. The molecule has 1 heterocycles. The van der Waals surface area contributed by atoms with E-state index in [4.69, 9.17) is 5.73 Å². The fraction of sp³-hybridized carbons (Fsp3) is 1.00. The second-order valence-electron chi connectivity index (χ2n) is 5.50. The molecule has 1 saturated carbocycles. The van der Waals surface area contributed by atoms with Crippen molar-refractivity contribution in [1.29, 1.82) is 0 Å². The molecule has 2 fully saturated rings. The summed E-state index contributed by atoms with van der Waals surface area (Å²) in [5.41, 5.74) is 6.08. The Labute approximate surface area is 110 Å². The van der Waals surface area contributed by atoms with E-state index in [1.54, 1.807) is 11.4 Å². The number of hydrogen-bond donors (Lipinski definition) is 1. The van der Waals surface area contributed by atoms with Gasteiger partial charge in [-0.25, -0.2) is 0 Å². The highest BCUT2D eigenvalue weighted by molar-refractivity contribution is 7.86. The quantitative estimate of drug-likeness (QED) is 0.833. The lowest BCUT2D eigenvalue weighted by atomic mass is 9.91. The SMILES string of the molecule is CN(C1CCCCC1N)S(=O)(=O)N1CCCCC1. The molecule has 0 spiro atoms. The van der Waals surface area contributed by atoms with Crippen molar-refractivity contribution in [2.45, 2.75) is 57.0 Å². The maximum atomic E-state index is 12.5. The van der Waals surface area contributed by atoms with Crippen molar-refractivity contribution >= 4 is 10.2 Å². The summed E-state index contributed by atoms with van der Waals surface area (Å²) >= 11 is 0. The highest BCUT2D eigenvalue weighted by Gasteiger charge is 2.36. The van der Waals surface area contributed by atoms with Gasteiger partial charge in [0.15, 0.2) is 0 Å². The Morgan fingerprint density at radius 1 is 1.06 bits per heavy atom. The molecule has 2 aliphatic rings. The van der Waals surface area contributed by atoms with Crippen molar-refractivity contribution in [3.8, 4) is 0 Å². The number of rotatable bonds is 3. The lowest BCUT2D eigenvalue weighted by molar-refractivity contribution is 0.229. The summed E-state index contributed by atoms with van der Waals surface area (Å²) in [6.45, 7) is 1.32. The molecule has 5 nitrogen and oxygen atoms in total. The first-order valence-corrected chi connectivity index (χ1v) is 8.42. The second kappa shape index (κ2) is 5.86. The van der Waals surface area contributed by atoms with Crippen LogP contribution in [0.3, 0.4) is 0 Å². The Balaban J connectivity index is 2.07. The third-order valence-electron chi connectivity index (χ3n) is 4.25. The summed E-state index contributed by atoms with van der Waals surface area (Å²) in [5, 5.41) is 0. The summed E-state index contributed by atoms with van der Waals surface area (Å²) in [5.74, 6) is 0. The molecule has 106 valence electrons. The van der Waals surface area contributed by atoms with Gasteiger partial charge in [0, 0.05) is 32.2 Å². The Hall–Kier alpha value is -0.170. The second-order valence-corrected chi connectivity index (χ2v) is 7.49. The Morgan fingerprint density at radius 2 is 1.67 bits per heavy atom. The lowest BCUT2D eigenvalue weighted by Crippen LogP contribution is -2.54. The van der Waals surface area contributed by atoms with E-state index in [1.165, 1.54) is 4.31 Å². The molecule has 0 aromatic rings. The van der Waals surface area contributed by atoms with Crippen molar-refractivity contribution in [2.75, 3.05) is 20.1 Å². The molecular formula is C12H25N3O2S. The van der Waals surface area contributed by atoms with Crippen molar-refractivity contribution in [3.05, 3.63) is 0 Å². The van der Waals surface area contributed by atoms with Gasteiger partial charge in [0.2, 0.25) is 0 Å². The summed E-state index contributed by atoms with van der Waals surface area (Å²) in [6, 6.07) is -0.0333. The van der Waals surface area contributed by atoms with Gasteiger partial charge in [0.05, 0.1) is 0 Å². The lowest BCUT2D eigenvalue weighted by Gasteiger charge is -2.38. The molecule has 6 heteroatoms. The highest BCUT2D eigenvalue weighted by atomic mass is 32.2. The number of hydrogen-bond acceptors (Lipinski definition) is 3.